The van der Waals surface area contributed by atoms with Gasteiger partial charge in [-0.25, -0.2) is 0 Å². The molecule has 178 valence electrons. The van der Waals surface area contributed by atoms with Crippen molar-refractivity contribution in [2.75, 3.05) is 0 Å². The molecule has 0 radical (unpaired) electrons. The summed E-state index contributed by atoms with van der Waals surface area (Å²) >= 11 is 10.7. The van der Waals surface area contributed by atoms with Crippen molar-refractivity contribution in [3.05, 3.63) is 104 Å². The number of benzene rings is 4. The zero-order valence-corrected chi connectivity index (χ0v) is 23.3. The Morgan fingerprint density at radius 3 is 2.39 bits per heavy atom. The van der Waals surface area contributed by atoms with Gasteiger partial charge in [0.15, 0.2) is 0 Å². The number of hydrogen-bond donors (Lipinski definition) is 0. The molecule has 0 saturated heterocycles. The zero-order valence-electron chi connectivity index (χ0n) is 21.0. The molecule has 0 unspecified atom stereocenters. The number of rotatable bonds is 1. The molecule has 36 heavy (non-hydrogen) atoms. The van der Waals surface area contributed by atoms with Crippen LogP contribution in [0.4, 0.5) is 0 Å². The third kappa shape index (κ3) is 2.73. The Morgan fingerprint density at radius 2 is 1.58 bits per heavy atom. The molecule has 0 bridgehead atoms. The molecular formula is C32H26BrClN2. The van der Waals surface area contributed by atoms with Crippen molar-refractivity contribution >= 4 is 55.0 Å². The smallest absolute Gasteiger partial charge is 0.123 e. The van der Waals surface area contributed by atoms with E-state index >= 15 is 0 Å². The predicted molar refractivity (Wildman–Crippen MR) is 156 cm³/mol. The van der Waals surface area contributed by atoms with Crippen LogP contribution in [0, 0.1) is 20.8 Å². The maximum atomic E-state index is 6.96. The molecule has 2 aromatic heterocycles. The van der Waals surface area contributed by atoms with Crippen LogP contribution in [0.5, 0.6) is 0 Å². The molecule has 1 aliphatic rings. The Kier molecular flexibility index (Phi) is 4.49. The Hall–Kier alpha value is -3.01. The lowest BCUT2D eigenvalue weighted by Gasteiger charge is -2.23. The van der Waals surface area contributed by atoms with E-state index in [1.165, 1.54) is 60.9 Å². The highest BCUT2D eigenvalue weighted by Crippen LogP contribution is 2.54. The molecule has 7 rings (SSSR count). The van der Waals surface area contributed by atoms with E-state index in [2.05, 4.69) is 126 Å². The van der Waals surface area contributed by atoms with E-state index in [4.69, 9.17) is 11.6 Å². The number of aromatic nitrogens is 2. The second-order valence-corrected chi connectivity index (χ2v) is 12.0. The highest BCUT2D eigenvalue weighted by Gasteiger charge is 2.41. The fourth-order valence-corrected chi connectivity index (χ4v) is 7.40. The maximum Gasteiger partial charge on any atom is 0.123 e. The van der Waals surface area contributed by atoms with Gasteiger partial charge in [0.1, 0.15) is 5.65 Å². The summed E-state index contributed by atoms with van der Waals surface area (Å²) in [6.07, 6.45) is 0. The summed E-state index contributed by atoms with van der Waals surface area (Å²) in [5, 5.41) is 3.36. The molecule has 4 aromatic carbocycles. The normalized spacial score (nSPS) is 14.2. The standard InChI is InChI=1S/C32H26BrClN2/c1-17-12-19(3)30-26(15-17)36-27(35(30)25-14-18(2)13-24(33)29(25)34)16-23-22-11-10-20-8-6-7-9-21(20)28(22)32(4,5)31(23)36/h6-16H,1-5H3. The molecule has 0 aliphatic heterocycles. The van der Waals surface area contributed by atoms with Gasteiger partial charge in [-0.2, -0.15) is 0 Å². The van der Waals surface area contributed by atoms with Crippen LogP contribution in [-0.2, 0) is 5.41 Å². The van der Waals surface area contributed by atoms with E-state index in [-0.39, 0.29) is 5.41 Å². The molecule has 2 heterocycles. The quantitative estimate of drug-likeness (QED) is 0.192. The van der Waals surface area contributed by atoms with Gasteiger partial charge in [-0.15, -0.1) is 0 Å². The van der Waals surface area contributed by atoms with E-state index in [1.807, 2.05) is 0 Å². The Bertz CT molecular complexity index is 1920. The minimum atomic E-state index is -0.161. The number of halogens is 2. The topological polar surface area (TPSA) is 9.34 Å². The van der Waals surface area contributed by atoms with Crippen molar-refractivity contribution in [3.63, 3.8) is 0 Å². The van der Waals surface area contributed by atoms with E-state index < -0.39 is 0 Å². The van der Waals surface area contributed by atoms with Crippen LogP contribution in [0.3, 0.4) is 0 Å². The minimum absolute atomic E-state index is 0.161. The monoisotopic (exact) mass is 552 g/mol. The number of aryl methyl sites for hydroxylation is 3. The van der Waals surface area contributed by atoms with Crippen LogP contribution in [0.2, 0.25) is 5.02 Å². The predicted octanol–water partition coefficient (Wildman–Crippen LogP) is 9.68. The first kappa shape index (κ1) is 22.2. The number of fused-ring (bicyclic) bond motifs is 9. The van der Waals surface area contributed by atoms with E-state index in [1.54, 1.807) is 0 Å². The lowest BCUT2D eigenvalue weighted by Crippen LogP contribution is -2.18. The largest absolute Gasteiger partial charge is 0.296 e. The Morgan fingerprint density at radius 1 is 0.833 bits per heavy atom. The third-order valence-corrected chi connectivity index (χ3v) is 9.18. The summed E-state index contributed by atoms with van der Waals surface area (Å²) in [7, 11) is 0. The van der Waals surface area contributed by atoms with Crippen LogP contribution in [0.15, 0.2) is 71.2 Å². The molecule has 4 heteroatoms. The summed E-state index contributed by atoms with van der Waals surface area (Å²) in [5.41, 5.74) is 13.5. The van der Waals surface area contributed by atoms with Gasteiger partial charge in [0.05, 0.1) is 21.7 Å². The van der Waals surface area contributed by atoms with Gasteiger partial charge >= 0.3 is 0 Å². The molecule has 0 spiro atoms. The SMILES string of the molecule is Cc1cc(Br)c(Cl)c(-n2c3c(C)cc(C)cc3n3c4c(cc23)-c2ccc3ccccc3c2C4(C)C)c1. The van der Waals surface area contributed by atoms with Crippen molar-refractivity contribution in [2.45, 2.75) is 40.0 Å². The lowest BCUT2D eigenvalue weighted by molar-refractivity contribution is 0.638. The molecule has 2 nitrogen and oxygen atoms in total. The summed E-state index contributed by atoms with van der Waals surface area (Å²) in [6.45, 7) is 11.3. The van der Waals surface area contributed by atoms with Gasteiger partial charge in [-0.1, -0.05) is 67.9 Å². The highest BCUT2D eigenvalue weighted by molar-refractivity contribution is 9.10. The number of nitrogens with zero attached hydrogens (tertiary/aromatic N) is 2. The first-order chi connectivity index (χ1) is 17.2. The van der Waals surface area contributed by atoms with E-state index in [0.29, 0.717) is 0 Å². The van der Waals surface area contributed by atoms with Gasteiger partial charge in [0, 0.05) is 21.1 Å². The van der Waals surface area contributed by atoms with Crippen molar-refractivity contribution in [2.24, 2.45) is 0 Å². The lowest BCUT2D eigenvalue weighted by atomic mass is 9.82. The van der Waals surface area contributed by atoms with Crippen molar-refractivity contribution in [1.29, 1.82) is 0 Å². The molecule has 1 aliphatic carbocycles. The van der Waals surface area contributed by atoms with Gasteiger partial charge in [-0.3, -0.25) is 8.97 Å². The fourth-order valence-electron chi connectivity index (χ4n) is 6.64. The van der Waals surface area contributed by atoms with Crippen molar-refractivity contribution < 1.29 is 0 Å². The van der Waals surface area contributed by atoms with E-state index in [9.17, 15) is 0 Å². The fraction of sp³-hybridized carbons (Fsp3) is 0.188. The molecule has 0 fully saturated rings. The molecule has 0 N–H and O–H groups in total. The van der Waals surface area contributed by atoms with Gasteiger partial charge in [0.2, 0.25) is 0 Å². The second-order valence-electron chi connectivity index (χ2n) is 10.8. The Labute approximate surface area is 224 Å². The van der Waals surface area contributed by atoms with Gasteiger partial charge < -0.3 is 0 Å². The van der Waals surface area contributed by atoms with Crippen LogP contribution >= 0.6 is 27.5 Å². The Balaban J connectivity index is 1.69. The van der Waals surface area contributed by atoms with Crippen molar-refractivity contribution in [3.8, 4) is 16.8 Å². The van der Waals surface area contributed by atoms with Crippen LogP contribution in [0.1, 0.15) is 41.8 Å². The number of imidazole rings is 1. The zero-order chi connectivity index (χ0) is 25.1. The van der Waals surface area contributed by atoms with Crippen LogP contribution in [0.25, 0.3) is 44.3 Å². The first-order valence-corrected chi connectivity index (χ1v) is 13.5. The molecule has 0 amide bonds. The van der Waals surface area contributed by atoms with Gasteiger partial charge in [-0.05, 0) is 99.6 Å². The van der Waals surface area contributed by atoms with E-state index in [0.717, 1.165) is 20.8 Å². The molecule has 0 atom stereocenters. The molecular weight excluding hydrogens is 528 g/mol. The van der Waals surface area contributed by atoms with Crippen LogP contribution < -0.4 is 0 Å². The first-order valence-electron chi connectivity index (χ1n) is 12.3. The molecule has 6 aromatic rings. The average Bonchev–Trinajstić information content (AvgIpc) is 3.42. The third-order valence-electron chi connectivity index (χ3n) is 7.93. The van der Waals surface area contributed by atoms with Crippen LogP contribution in [-0.4, -0.2) is 8.97 Å². The number of hydrogen-bond acceptors (Lipinski definition) is 0. The summed E-state index contributed by atoms with van der Waals surface area (Å²) in [5.74, 6) is 0. The average molecular weight is 554 g/mol. The second kappa shape index (κ2) is 7.27. The highest BCUT2D eigenvalue weighted by atomic mass is 79.9. The maximum absolute atomic E-state index is 6.96. The summed E-state index contributed by atoms with van der Waals surface area (Å²) in [6, 6.07) is 24.6. The van der Waals surface area contributed by atoms with Crippen molar-refractivity contribution in [1.82, 2.24) is 8.97 Å². The van der Waals surface area contributed by atoms with Gasteiger partial charge in [0.25, 0.3) is 0 Å². The summed E-state index contributed by atoms with van der Waals surface area (Å²) < 4.78 is 5.77. The minimum Gasteiger partial charge on any atom is -0.296 e. The summed E-state index contributed by atoms with van der Waals surface area (Å²) in [4.78, 5) is 0. The molecule has 0 saturated carbocycles.